The Kier molecular flexibility index (Phi) is 7.32. The predicted octanol–water partition coefficient (Wildman–Crippen LogP) is 4.47. The van der Waals surface area contributed by atoms with Gasteiger partial charge in [0.05, 0.1) is 11.1 Å². The molecule has 0 unspecified atom stereocenters. The Morgan fingerprint density at radius 2 is 2.14 bits per heavy atom. The SMILES string of the molecule is CCOc1cc(/C=C/C(=O)O)cc(Br)c1OC/C(C)=C/Cl. The molecular weight excluding hydrogens is 360 g/mol. The van der Waals surface area contributed by atoms with Crippen LogP contribution in [-0.2, 0) is 4.79 Å². The van der Waals surface area contributed by atoms with Crippen LogP contribution in [0, 0.1) is 0 Å². The van der Waals surface area contributed by atoms with Crippen LogP contribution >= 0.6 is 27.5 Å². The lowest BCUT2D eigenvalue weighted by atomic mass is 10.2. The Hall–Kier alpha value is -1.46. The summed E-state index contributed by atoms with van der Waals surface area (Å²) in [5, 5.41) is 8.67. The largest absolute Gasteiger partial charge is 0.490 e. The molecule has 4 nitrogen and oxygen atoms in total. The van der Waals surface area contributed by atoms with Crippen LogP contribution in [-0.4, -0.2) is 24.3 Å². The lowest BCUT2D eigenvalue weighted by molar-refractivity contribution is -0.131. The van der Waals surface area contributed by atoms with Gasteiger partial charge >= 0.3 is 5.97 Å². The van der Waals surface area contributed by atoms with Crippen molar-refractivity contribution < 1.29 is 19.4 Å². The van der Waals surface area contributed by atoms with E-state index in [4.69, 9.17) is 26.2 Å². The van der Waals surface area contributed by atoms with E-state index in [1.807, 2.05) is 13.8 Å². The van der Waals surface area contributed by atoms with Gasteiger partial charge in [-0.25, -0.2) is 4.79 Å². The zero-order valence-corrected chi connectivity index (χ0v) is 14.1. The molecular formula is C15H16BrClO4. The molecule has 1 rings (SSSR count). The normalized spacial score (nSPS) is 11.7. The molecule has 0 amide bonds. The van der Waals surface area contributed by atoms with Gasteiger partial charge in [0.25, 0.3) is 0 Å². The zero-order chi connectivity index (χ0) is 15.8. The van der Waals surface area contributed by atoms with E-state index in [9.17, 15) is 4.79 Å². The molecule has 0 aliphatic heterocycles. The molecule has 1 N–H and O–H groups in total. The lowest BCUT2D eigenvalue weighted by Crippen LogP contribution is -2.03. The third kappa shape index (κ3) is 5.81. The highest BCUT2D eigenvalue weighted by molar-refractivity contribution is 9.10. The van der Waals surface area contributed by atoms with E-state index in [0.29, 0.717) is 34.7 Å². The van der Waals surface area contributed by atoms with E-state index in [-0.39, 0.29) is 0 Å². The van der Waals surface area contributed by atoms with Gasteiger partial charge < -0.3 is 14.6 Å². The van der Waals surface area contributed by atoms with E-state index in [1.54, 1.807) is 12.1 Å². The van der Waals surface area contributed by atoms with Gasteiger partial charge in [-0.05, 0) is 59.1 Å². The zero-order valence-electron chi connectivity index (χ0n) is 11.7. The molecule has 0 atom stereocenters. The molecule has 0 aliphatic carbocycles. The van der Waals surface area contributed by atoms with E-state index < -0.39 is 5.97 Å². The molecule has 1 aromatic carbocycles. The first-order valence-corrected chi connectivity index (χ1v) is 7.46. The number of carbonyl (C=O) groups is 1. The minimum Gasteiger partial charge on any atom is -0.490 e. The Balaban J connectivity index is 3.09. The van der Waals surface area contributed by atoms with Crippen LogP contribution in [0.25, 0.3) is 6.08 Å². The molecule has 0 bridgehead atoms. The van der Waals surface area contributed by atoms with Gasteiger partial charge in [0.1, 0.15) is 6.61 Å². The van der Waals surface area contributed by atoms with Crippen LogP contribution in [0.5, 0.6) is 11.5 Å². The number of benzene rings is 1. The van der Waals surface area contributed by atoms with Crippen LogP contribution in [0.2, 0.25) is 0 Å². The van der Waals surface area contributed by atoms with Gasteiger partial charge in [-0.15, -0.1) is 0 Å². The predicted molar refractivity (Wildman–Crippen MR) is 87.1 cm³/mol. The second-order valence-corrected chi connectivity index (χ2v) is 5.25. The monoisotopic (exact) mass is 374 g/mol. The second-order valence-electron chi connectivity index (χ2n) is 4.18. The number of carboxylic acid groups (broad SMARTS) is 1. The molecule has 0 spiro atoms. The first-order valence-electron chi connectivity index (χ1n) is 6.24. The first kappa shape index (κ1) is 17.6. The second kappa shape index (κ2) is 8.74. The van der Waals surface area contributed by atoms with Crippen molar-refractivity contribution in [2.24, 2.45) is 0 Å². The van der Waals surface area contributed by atoms with Gasteiger partial charge in [-0.3, -0.25) is 0 Å². The first-order chi connectivity index (χ1) is 9.97. The maximum Gasteiger partial charge on any atom is 0.328 e. The van der Waals surface area contributed by atoms with Gasteiger partial charge in [-0.1, -0.05) is 11.6 Å². The topological polar surface area (TPSA) is 55.8 Å². The van der Waals surface area contributed by atoms with Crippen molar-refractivity contribution in [2.75, 3.05) is 13.2 Å². The van der Waals surface area contributed by atoms with Crippen LogP contribution in [0.15, 0.2) is 33.8 Å². The molecule has 0 saturated carbocycles. The fourth-order valence-corrected chi connectivity index (χ4v) is 2.11. The fourth-order valence-electron chi connectivity index (χ4n) is 1.47. The van der Waals surface area contributed by atoms with Crippen molar-refractivity contribution in [1.82, 2.24) is 0 Å². The molecule has 0 aromatic heterocycles. The van der Waals surface area contributed by atoms with Crippen LogP contribution < -0.4 is 9.47 Å². The summed E-state index contributed by atoms with van der Waals surface area (Å²) in [7, 11) is 0. The Bertz CT molecular complexity index is 567. The van der Waals surface area contributed by atoms with Crippen molar-refractivity contribution in [3.63, 3.8) is 0 Å². The van der Waals surface area contributed by atoms with Crippen molar-refractivity contribution in [1.29, 1.82) is 0 Å². The number of halogens is 2. The standard InChI is InChI=1S/C15H16BrClO4/c1-3-20-13-7-11(4-5-14(18)19)6-12(16)15(13)21-9-10(2)8-17/h4-8H,3,9H2,1-2H3,(H,18,19)/b5-4+,10-8+. The van der Waals surface area contributed by atoms with Crippen molar-refractivity contribution >= 4 is 39.6 Å². The van der Waals surface area contributed by atoms with Gasteiger partial charge in [0.15, 0.2) is 11.5 Å². The van der Waals surface area contributed by atoms with Gasteiger partial charge in [0.2, 0.25) is 0 Å². The highest BCUT2D eigenvalue weighted by atomic mass is 79.9. The van der Waals surface area contributed by atoms with E-state index in [0.717, 1.165) is 11.6 Å². The van der Waals surface area contributed by atoms with Crippen LogP contribution in [0.3, 0.4) is 0 Å². The highest BCUT2D eigenvalue weighted by Crippen LogP contribution is 2.37. The maximum absolute atomic E-state index is 10.6. The number of hydrogen-bond acceptors (Lipinski definition) is 3. The molecule has 0 heterocycles. The lowest BCUT2D eigenvalue weighted by Gasteiger charge is -2.14. The summed E-state index contributed by atoms with van der Waals surface area (Å²) in [4.78, 5) is 10.6. The summed E-state index contributed by atoms with van der Waals surface area (Å²) in [6.45, 7) is 4.53. The van der Waals surface area contributed by atoms with Crippen molar-refractivity contribution in [3.8, 4) is 11.5 Å². The molecule has 0 aliphatic rings. The van der Waals surface area contributed by atoms with E-state index in [1.165, 1.54) is 11.6 Å². The molecule has 21 heavy (non-hydrogen) atoms. The molecule has 0 saturated heterocycles. The molecule has 1 aromatic rings. The Labute approximate surface area is 137 Å². The van der Waals surface area contributed by atoms with E-state index in [2.05, 4.69) is 15.9 Å². The molecule has 0 radical (unpaired) electrons. The number of hydrogen-bond donors (Lipinski definition) is 1. The van der Waals surface area contributed by atoms with Gasteiger partial charge in [0, 0.05) is 11.6 Å². The molecule has 114 valence electrons. The molecule has 6 heteroatoms. The summed E-state index contributed by atoms with van der Waals surface area (Å²) in [6.07, 6.45) is 2.56. The van der Waals surface area contributed by atoms with Crippen molar-refractivity contribution in [2.45, 2.75) is 13.8 Å². The quantitative estimate of drug-likeness (QED) is 0.715. The number of carboxylic acids is 1. The van der Waals surface area contributed by atoms with Gasteiger partial charge in [-0.2, -0.15) is 0 Å². The number of rotatable bonds is 7. The summed E-state index contributed by atoms with van der Waals surface area (Å²) in [6, 6.07) is 3.49. The molecule has 0 fully saturated rings. The summed E-state index contributed by atoms with van der Waals surface area (Å²) in [5.74, 6) is 0.0914. The summed E-state index contributed by atoms with van der Waals surface area (Å²) >= 11 is 9.01. The smallest absolute Gasteiger partial charge is 0.328 e. The average Bonchev–Trinajstić information content (AvgIpc) is 2.44. The third-order valence-corrected chi connectivity index (χ3v) is 3.34. The number of ether oxygens (including phenoxy) is 2. The van der Waals surface area contributed by atoms with Crippen LogP contribution in [0.4, 0.5) is 0 Å². The van der Waals surface area contributed by atoms with Crippen LogP contribution in [0.1, 0.15) is 19.4 Å². The Morgan fingerprint density at radius 3 is 2.71 bits per heavy atom. The Morgan fingerprint density at radius 1 is 1.43 bits per heavy atom. The maximum atomic E-state index is 10.6. The summed E-state index contributed by atoms with van der Waals surface area (Å²) < 4.78 is 11.9. The minimum atomic E-state index is -1.01. The average molecular weight is 376 g/mol. The van der Waals surface area contributed by atoms with Crippen molar-refractivity contribution in [3.05, 3.63) is 39.4 Å². The number of aliphatic carboxylic acids is 1. The summed E-state index contributed by atoms with van der Waals surface area (Å²) in [5.41, 5.74) is 3.03. The highest BCUT2D eigenvalue weighted by Gasteiger charge is 2.12. The minimum absolute atomic E-state index is 0.340. The fraction of sp³-hybridized carbons (Fsp3) is 0.267. The third-order valence-electron chi connectivity index (χ3n) is 2.38. The van der Waals surface area contributed by atoms with E-state index >= 15 is 0 Å².